The summed E-state index contributed by atoms with van der Waals surface area (Å²) in [6.45, 7) is 2.23. The van der Waals surface area contributed by atoms with E-state index in [9.17, 15) is 4.79 Å². The molecule has 0 bridgehead atoms. The number of hydrogen-bond acceptors (Lipinski definition) is 5. The molecule has 0 aliphatic carbocycles. The number of imidazole rings is 2. The van der Waals surface area contributed by atoms with E-state index < -0.39 is 0 Å². The Labute approximate surface area is 167 Å². The summed E-state index contributed by atoms with van der Waals surface area (Å²) < 4.78 is 9.70. The van der Waals surface area contributed by atoms with Crippen LogP contribution in [0.3, 0.4) is 0 Å². The highest BCUT2D eigenvalue weighted by molar-refractivity contribution is 7.09. The molecule has 0 amide bonds. The summed E-state index contributed by atoms with van der Waals surface area (Å²) in [6, 6.07) is 4.19. The van der Waals surface area contributed by atoms with Gasteiger partial charge in [0.05, 0.1) is 12.6 Å². The molecule has 1 aliphatic rings. The predicted molar refractivity (Wildman–Crippen MR) is 111 cm³/mol. The van der Waals surface area contributed by atoms with Crippen LogP contribution >= 0.6 is 11.3 Å². The van der Waals surface area contributed by atoms with E-state index in [0.717, 1.165) is 50.3 Å². The van der Waals surface area contributed by atoms with Gasteiger partial charge in [-0.3, -0.25) is 9.55 Å². The molecular weight excluding hydrogens is 374 g/mol. The molecule has 8 heteroatoms. The fourth-order valence-corrected chi connectivity index (χ4v) is 4.21. The van der Waals surface area contributed by atoms with Gasteiger partial charge in [0.25, 0.3) is 0 Å². The zero-order valence-electron chi connectivity index (χ0n) is 15.7. The first-order valence-corrected chi connectivity index (χ1v) is 10.5. The Bertz CT molecular complexity index is 940. The van der Waals surface area contributed by atoms with Gasteiger partial charge in [-0.2, -0.15) is 0 Å². The SMILES string of the molecule is O=c1[nH]c(NCCc2cccs2)c(C2CCC=CO2)n1CCCn1ccnc1. The van der Waals surface area contributed by atoms with Gasteiger partial charge in [-0.05, 0) is 43.2 Å². The molecule has 0 radical (unpaired) electrons. The first-order chi connectivity index (χ1) is 13.8. The molecule has 4 heterocycles. The number of ether oxygens (including phenoxy) is 1. The number of allylic oxidation sites excluding steroid dienone is 1. The maximum absolute atomic E-state index is 12.7. The zero-order valence-corrected chi connectivity index (χ0v) is 16.5. The Hall–Kier alpha value is -2.74. The molecule has 28 heavy (non-hydrogen) atoms. The van der Waals surface area contributed by atoms with E-state index in [-0.39, 0.29) is 11.8 Å². The molecule has 0 aromatic carbocycles. The molecule has 1 atom stereocenters. The van der Waals surface area contributed by atoms with Crippen molar-refractivity contribution in [1.29, 1.82) is 0 Å². The van der Waals surface area contributed by atoms with Crippen LogP contribution in [0.2, 0.25) is 0 Å². The summed E-state index contributed by atoms with van der Waals surface area (Å²) in [5.41, 5.74) is 0.837. The van der Waals surface area contributed by atoms with Gasteiger partial charge < -0.3 is 14.6 Å². The third-order valence-corrected chi connectivity index (χ3v) is 5.81. The van der Waals surface area contributed by atoms with Crippen LogP contribution in [0.1, 0.15) is 35.9 Å². The Morgan fingerprint density at radius 2 is 2.36 bits per heavy atom. The smallest absolute Gasteiger partial charge is 0.327 e. The number of aryl methyl sites for hydroxylation is 1. The normalized spacial score (nSPS) is 16.2. The van der Waals surface area contributed by atoms with Crippen LogP contribution < -0.4 is 11.0 Å². The Morgan fingerprint density at radius 3 is 3.11 bits per heavy atom. The molecule has 0 spiro atoms. The molecule has 1 aliphatic heterocycles. The van der Waals surface area contributed by atoms with Gasteiger partial charge >= 0.3 is 5.69 Å². The Balaban J connectivity index is 1.49. The maximum atomic E-state index is 12.7. The summed E-state index contributed by atoms with van der Waals surface area (Å²) in [5.74, 6) is 0.782. The molecule has 0 saturated carbocycles. The van der Waals surface area contributed by atoms with Crippen LogP contribution in [0.5, 0.6) is 0 Å². The first kappa shape index (κ1) is 18.6. The third kappa shape index (κ3) is 4.39. The van der Waals surface area contributed by atoms with Gasteiger partial charge in [0.15, 0.2) is 0 Å². The summed E-state index contributed by atoms with van der Waals surface area (Å²) in [7, 11) is 0. The molecule has 2 N–H and O–H groups in total. The van der Waals surface area contributed by atoms with E-state index in [1.165, 1.54) is 4.88 Å². The lowest BCUT2D eigenvalue weighted by Crippen LogP contribution is -2.22. The second-order valence-electron chi connectivity index (χ2n) is 6.83. The zero-order chi connectivity index (χ0) is 19.2. The fourth-order valence-electron chi connectivity index (χ4n) is 3.51. The van der Waals surface area contributed by atoms with Gasteiger partial charge in [0, 0.05) is 36.9 Å². The molecule has 0 saturated heterocycles. The number of H-pyrrole nitrogens is 1. The Morgan fingerprint density at radius 1 is 1.39 bits per heavy atom. The quantitative estimate of drug-likeness (QED) is 0.577. The summed E-state index contributed by atoms with van der Waals surface area (Å²) in [6.07, 6.45) is 12.8. The van der Waals surface area contributed by atoms with Crippen molar-refractivity contribution in [2.75, 3.05) is 11.9 Å². The molecule has 4 rings (SSSR count). The lowest BCUT2D eigenvalue weighted by molar-refractivity contribution is 0.117. The topological polar surface area (TPSA) is 76.9 Å². The van der Waals surface area contributed by atoms with Gasteiger partial charge in [0.1, 0.15) is 17.6 Å². The number of thiophene rings is 1. The minimum absolute atomic E-state index is 0.0857. The van der Waals surface area contributed by atoms with Gasteiger partial charge in [-0.15, -0.1) is 11.3 Å². The highest BCUT2D eigenvalue weighted by Crippen LogP contribution is 2.30. The third-order valence-electron chi connectivity index (χ3n) is 4.87. The second kappa shape index (κ2) is 8.97. The molecular formula is C20H25N5O2S. The van der Waals surface area contributed by atoms with Crippen molar-refractivity contribution in [2.45, 2.75) is 44.9 Å². The van der Waals surface area contributed by atoms with E-state index in [1.54, 1.807) is 30.1 Å². The van der Waals surface area contributed by atoms with Crippen molar-refractivity contribution in [3.05, 3.63) is 69.6 Å². The van der Waals surface area contributed by atoms with E-state index >= 15 is 0 Å². The number of nitrogens with zero attached hydrogens (tertiary/aromatic N) is 3. The summed E-state index contributed by atoms with van der Waals surface area (Å²) in [5, 5.41) is 5.51. The minimum atomic E-state index is -0.110. The lowest BCUT2D eigenvalue weighted by atomic mass is 10.1. The minimum Gasteiger partial charge on any atom is -0.492 e. The van der Waals surface area contributed by atoms with Crippen molar-refractivity contribution in [2.24, 2.45) is 0 Å². The average Bonchev–Trinajstić information content (AvgIpc) is 3.46. The molecule has 7 nitrogen and oxygen atoms in total. The van der Waals surface area contributed by atoms with Crippen molar-refractivity contribution >= 4 is 17.2 Å². The molecule has 0 fully saturated rings. The number of nitrogens with one attached hydrogen (secondary N) is 2. The average molecular weight is 400 g/mol. The lowest BCUT2D eigenvalue weighted by Gasteiger charge is -2.22. The predicted octanol–water partition coefficient (Wildman–Crippen LogP) is 3.54. The van der Waals surface area contributed by atoms with Crippen molar-refractivity contribution in [1.82, 2.24) is 19.1 Å². The van der Waals surface area contributed by atoms with Crippen LogP contribution in [0, 0.1) is 0 Å². The van der Waals surface area contributed by atoms with Gasteiger partial charge in [-0.1, -0.05) is 6.07 Å². The second-order valence-corrected chi connectivity index (χ2v) is 7.86. The van der Waals surface area contributed by atoms with E-state index in [0.29, 0.717) is 6.54 Å². The molecule has 1 unspecified atom stereocenters. The van der Waals surface area contributed by atoms with Crippen LogP contribution in [0.4, 0.5) is 5.82 Å². The number of anilines is 1. The van der Waals surface area contributed by atoms with Gasteiger partial charge in [-0.25, -0.2) is 9.78 Å². The number of aromatic nitrogens is 4. The van der Waals surface area contributed by atoms with Crippen LogP contribution in [-0.2, 0) is 24.2 Å². The van der Waals surface area contributed by atoms with E-state index in [1.807, 2.05) is 21.4 Å². The first-order valence-electron chi connectivity index (χ1n) is 9.66. The molecule has 148 valence electrons. The van der Waals surface area contributed by atoms with Crippen LogP contribution in [-0.4, -0.2) is 25.6 Å². The molecule has 3 aromatic rings. The van der Waals surface area contributed by atoms with Crippen LogP contribution in [0.15, 0.2) is 53.4 Å². The largest absolute Gasteiger partial charge is 0.492 e. The van der Waals surface area contributed by atoms with Gasteiger partial charge in [0.2, 0.25) is 0 Å². The number of aromatic amines is 1. The summed E-state index contributed by atoms with van der Waals surface area (Å²) in [4.78, 5) is 21.1. The monoisotopic (exact) mass is 399 g/mol. The van der Waals surface area contributed by atoms with Crippen molar-refractivity contribution in [3.8, 4) is 0 Å². The van der Waals surface area contributed by atoms with Crippen molar-refractivity contribution in [3.63, 3.8) is 0 Å². The summed E-state index contributed by atoms with van der Waals surface area (Å²) >= 11 is 1.75. The maximum Gasteiger partial charge on any atom is 0.327 e. The van der Waals surface area contributed by atoms with Crippen molar-refractivity contribution < 1.29 is 4.74 Å². The standard InChI is InChI=1S/C20H25N5O2S/c26-20-23-19(22-8-7-16-5-3-14-28-16)18(17-6-1-2-13-27-17)25(20)11-4-10-24-12-9-21-15-24/h2-3,5,9,12-15,17,22H,1,4,6-8,10-11H2,(H,23,26). The van der Waals surface area contributed by atoms with Crippen LogP contribution in [0.25, 0.3) is 0 Å². The number of hydrogen-bond donors (Lipinski definition) is 2. The molecule has 3 aromatic heterocycles. The van der Waals surface area contributed by atoms with E-state index in [4.69, 9.17) is 4.74 Å². The Kier molecular flexibility index (Phi) is 5.96. The fraction of sp³-hybridized carbons (Fsp3) is 0.400. The highest BCUT2D eigenvalue weighted by atomic mass is 32.1. The number of rotatable bonds is 9. The highest BCUT2D eigenvalue weighted by Gasteiger charge is 2.24. The van der Waals surface area contributed by atoms with E-state index in [2.05, 4.69) is 32.8 Å².